The summed E-state index contributed by atoms with van der Waals surface area (Å²) in [5.41, 5.74) is 4.77. The zero-order chi connectivity index (χ0) is 13.1. The van der Waals surface area contributed by atoms with E-state index in [0.29, 0.717) is 13.1 Å². The standard InChI is InChI=1S/C11H21N3O3/c1-11(2,3)17-10(16)13-8-4-5-14(7-8)9(15)6-12/h8H,4-7,12H2,1-3H3,(H,13,16). The average Bonchev–Trinajstić information content (AvgIpc) is 2.62. The molecule has 0 aromatic heterocycles. The lowest BCUT2D eigenvalue weighted by Gasteiger charge is -2.22. The van der Waals surface area contributed by atoms with E-state index in [2.05, 4.69) is 5.32 Å². The summed E-state index contributed by atoms with van der Waals surface area (Å²) in [5, 5.41) is 2.75. The molecule has 0 aromatic carbocycles. The highest BCUT2D eigenvalue weighted by Crippen LogP contribution is 2.11. The summed E-state index contributed by atoms with van der Waals surface area (Å²) in [6.45, 7) is 6.59. The van der Waals surface area contributed by atoms with E-state index in [0.717, 1.165) is 6.42 Å². The number of nitrogens with zero attached hydrogens (tertiary/aromatic N) is 1. The zero-order valence-electron chi connectivity index (χ0n) is 10.7. The number of amides is 2. The number of nitrogens with two attached hydrogens (primary N) is 1. The molecule has 0 radical (unpaired) electrons. The Labute approximate surface area is 101 Å². The van der Waals surface area contributed by atoms with Crippen molar-refractivity contribution >= 4 is 12.0 Å². The molecule has 3 N–H and O–H groups in total. The van der Waals surface area contributed by atoms with Crippen molar-refractivity contribution in [3.63, 3.8) is 0 Å². The first-order valence-corrected chi connectivity index (χ1v) is 5.79. The molecule has 1 atom stereocenters. The van der Waals surface area contributed by atoms with Crippen LogP contribution in [0.2, 0.25) is 0 Å². The van der Waals surface area contributed by atoms with E-state index < -0.39 is 11.7 Å². The van der Waals surface area contributed by atoms with Crippen molar-refractivity contribution in [3.05, 3.63) is 0 Å². The van der Waals surface area contributed by atoms with Gasteiger partial charge < -0.3 is 20.7 Å². The highest BCUT2D eigenvalue weighted by molar-refractivity contribution is 5.78. The monoisotopic (exact) mass is 243 g/mol. The van der Waals surface area contributed by atoms with Crippen molar-refractivity contribution in [3.8, 4) is 0 Å². The van der Waals surface area contributed by atoms with Crippen molar-refractivity contribution in [2.24, 2.45) is 5.73 Å². The Balaban J connectivity index is 2.35. The molecule has 1 fully saturated rings. The van der Waals surface area contributed by atoms with E-state index in [-0.39, 0.29) is 18.5 Å². The lowest BCUT2D eigenvalue weighted by Crippen LogP contribution is -2.42. The number of likely N-dealkylation sites (tertiary alicyclic amines) is 1. The number of nitrogens with one attached hydrogen (secondary N) is 1. The van der Waals surface area contributed by atoms with E-state index in [4.69, 9.17) is 10.5 Å². The van der Waals surface area contributed by atoms with Gasteiger partial charge in [-0.25, -0.2) is 4.79 Å². The van der Waals surface area contributed by atoms with Crippen LogP contribution in [0.4, 0.5) is 4.79 Å². The smallest absolute Gasteiger partial charge is 0.407 e. The summed E-state index contributed by atoms with van der Waals surface area (Å²) in [6, 6.07) is -0.0413. The average molecular weight is 243 g/mol. The summed E-state index contributed by atoms with van der Waals surface area (Å²) in [5.74, 6) is -0.0847. The molecule has 1 saturated heterocycles. The molecule has 6 heteroatoms. The molecule has 0 bridgehead atoms. The number of carbonyl (C=O) groups is 2. The van der Waals surface area contributed by atoms with Gasteiger partial charge in [-0.3, -0.25) is 4.79 Å². The van der Waals surface area contributed by atoms with Gasteiger partial charge in [0.05, 0.1) is 12.6 Å². The van der Waals surface area contributed by atoms with Crippen LogP contribution in [0.3, 0.4) is 0 Å². The Kier molecular flexibility index (Phi) is 4.34. The van der Waals surface area contributed by atoms with Gasteiger partial charge in [-0.05, 0) is 27.2 Å². The minimum absolute atomic E-state index is 0.0131. The Morgan fingerprint density at radius 1 is 1.47 bits per heavy atom. The fourth-order valence-electron chi connectivity index (χ4n) is 1.71. The van der Waals surface area contributed by atoms with Gasteiger partial charge in [-0.15, -0.1) is 0 Å². The highest BCUT2D eigenvalue weighted by atomic mass is 16.6. The summed E-state index contributed by atoms with van der Waals surface area (Å²) < 4.78 is 5.14. The van der Waals surface area contributed by atoms with Gasteiger partial charge in [0.1, 0.15) is 5.60 Å². The molecule has 0 aromatic rings. The number of rotatable bonds is 2. The molecular weight excluding hydrogens is 222 g/mol. The lowest BCUT2D eigenvalue weighted by atomic mass is 10.2. The third-order valence-electron chi connectivity index (χ3n) is 2.44. The van der Waals surface area contributed by atoms with Gasteiger partial charge in [-0.1, -0.05) is 0 Å². The highest BCUT2D eigenvalue weighted by Gasteiger charge is 2.27. The number of hydrogen-bond acceptors (Lipinski definition) is 4. The molecule has 6 nitrogen and oxygen atoms in total. The van der Waals surface area contributed by atoms with E-state index in [9.17, 15) is 9.59 Å². The molecule has 0 spiro atoms. The molecule has 1 rings (SSSR count). The molecule has 0 saturated carbocycles. The quantitative estimate of drug-likeness (QED) is 0.719. The third-order valence-corrected chi connectivity index (χ3v) is 2.44. The van der Waals surface area contributed by atoms with E-state index in [1.165, 1.54) is 0 Å². The molecule has 98 valence electrons. The molecule has 1 aliphatic rings. The van der Waals surface area contributed by atoms with Gasteiger partial charge in [0.2, 0.25) is 5.91 Å². The predicted octanol–water partition coefficient (Wildman–Crippen LogP) is 0.0707. The number of alkyl carbamates (subject to hydrolysis) is 1. The molecule has 2 amide bonds. The van der Waals surface area contributed by atoms with E-state index in [1.54, 1.807) is 4.90 Å². The van der Waals surface area contributed by atoms with Gasteiger partial charge in [0, 0.05) is 13.1 Å². The van der Waals surface area contributed by atoms with Crippen LogP contribution in [-0.2, 0) is 9.53 Å². The third kappa shape index (κ3) is 4.60. The summed E-state index contributed by atoms with van der Waals surface area (Å²) in [6.07, 6.45) is 0.301. The first-order valence-electron chi connectivity index (χ1n) is 5.79. The number of ether oxygens (including phenoxy) is 1. The molecular formula is C11H21N3O3. The Morgan fingerprint density at radius 3 is 2.65 bits per heavy atom. The molecule has 0 aliphatic carbocycles. The van der Waals surface area contributed by atoms with Crippen molar-refractivity contribution in [1.29, 1.82) is 0 Å². The van der Waals surface area contributed by atoms with Crippen molar-refractivity contribution in [2.75, 3.05) is 19.6 Å². The maximum atomic E-state index is 11.5. The number of hydrogen-bond donors (Lipinski definition) is 2. The van der Waals surface area contributed by atoms with Gasteiger partial charge >= 0.3 is 6.09 Å². The fraction of sp³-hybridized carbons (Fsp3) is 0.818. The van der Waals surface area contributed by atoms with Crippen LogP contribution in [0, 0.1) is 0 Å². The van der Waals surface area contributed by atoms with Gasteiger partial charge in [0.15, 0.2) is 0 Å². The van der Waals surface area contributed by atoms with Crippen molar-refractivity contribution in [1.82, 2.24) is 10.2 Å². The topological polar surface area (TPSA) is 84.7 Å². The lowest BCUT2D eigenvalue weighted by molar-refractivity contribution is -0.128. The van der Waals surface area contributed by atoms with Gasteiger partial charge in [-0.2, -0.15) is 0 Å². The first-order chi connectivity index (χ1) is 7.81. The zero-order valence-corrected chi connectivity index (χ0v) is 10.7. The Hall–Kier alpha value is -1.30. The van der Waals surface area contributed by atoms with Crippen LogP contribution >= 0.6 is 0 Å². The summed E-state index contributed by atoms with van der Waals surface area (Å²) in [7, 11) is 0. The second kappa shape index (κ2) is 5.35. The Bertz CT molecular complexity index is 299. The van der Waals surface area contributed by atoms with Crippen LogP contribution in [0.1, 0.15) is 27.2 Å². The van der Waals surface area contributed by atoms with Crippen LogP contribution in [0.15, 0.2) is 0 Å². The van der Waals surface area contributed by atoms with Gasteiger partial charge in [0.25, 0.3) is 0 Å². The Morgan fingerprint density at radius 2 is 2.12 bits per heavy atom. The van der Waals surface area contributed by atoms with Crippen LogP contribution in [-0.4, -0.2) is 48.2 Å². The summed E-state index contributed by atoms with van der Waals surface area (Å²) in [4.78, 5) is 24.5. The van der Waals surface area contributed by atoms with Crippen LogP contribution in [0.5, 0.6) is 0 Å². The largest absolute Gasteiger partial charge is 0.444 e. The maximum absolute atomic E-state index is 11.5. The molecule has 1 unspecified atom stereocenters. The van der Waals surface area contributed by atoms with Crippen molar-refractivity contribution in [2.45, 2.75) is 38.8 Å². The number of carbonyl (C=O) groups excluding carboxylic acids is 2. The normalized spacial score (nSPS) is 20.2. The first kappa shape index (κ1) is 13.8. The second-order valence-electron chi connectivity index (χ2n) is 5.18. The van der Waals surface area contributed by atoms with E-state index in [1.807, 2.05) is 20.8 Å². The fourth-order valence-corrected chi connectivity index (χ4v) is 1.71. The maximum Gasteiger partial charge on any atom is 0.407 e. The minimum atomic E-state index is -0.505. The summed E-state index contributed by atoms with van der Waals surface area (Å²) >= 11 is 0. The second-order valence-corrected chi connectivity index (χ2v) is 5.18. The van der Waals surface area contributed by atoms with Crippen LogP contribution in [0.25, 0.3) is 0 Å². The van der Waals surface area contributed by atoms with Crippen molar-refractivity contribution < 1.29 is 14.3 Å². The molecule has 17 heavy (non-hydrogen) atoms. The SMILES string of the molecule is CC(C)(C)OC(=O)NC1CCN(C(=O)CN)C1. The molecule has 1 aliphatic heterocycles. The predicted molar refractivity (Wildman–Crippen MR) is 63.4 cm³/mol. The molecule has 1 heterocycles. The van der Waals surface area contributed by atoms with E-state index >= 15 is 0 Å². The van der Waals surface area contributed by atoms with Crippen LogP contribution < -0.4 is 11.1 Å². The minimum Gasteiger partial charge on any atom is -0.444 e.